The average Bonchev–Trinajstić information content (AvgIpc) is 2.36. The SMILES string of the molecule is Cc1nc(C2CCC(C(C)(C)C)CC2)nc(N)c1C(N)=O. The highest BCUT2D eigenvalue weighted by molar-refractivity contribution is 5.98. The third-order valence-corrected chi connectivity index (χ3v) is 4.70. The molecule has 1 heterocycles. The Morgan fingerprint density at radius 2 is 1.71 bits per heavy atom. The van der Waals surface area contributed by atoms with E-state index in [0.29, 0.717) is 17.0 Å². The van der Waals surface area contributed by atoms with Crippen LogP contribution in [-0.2, 0) is 0 Å². The molecule has 1 aliphatic rings. The van der Waals surface area contributed by atoms with Crippen molar-refractivity contribution in [3.05, 3.63) is 17.1 Å². The van der Waals surface area contributed by atoms with E-state index in [4.69, 9.17) is 11.5 Å². The molecule has 0 saturated heterocycles. The lowest BCUT2D eigenvalue weighted by Crippen LogP contribution is -2.26. The van der Waals surface area contributed by atoms with Gasteiger partial charge in [-0.2, -0.15) is 0 Å². The second-order valence-corrected chi connectivity index (χ2v) is 7.21. The monoisotopic (exact) mass is 290 g/mol. The van der Waals surface area contributed by atoms with Crippen molar-refractivity contribution in [3.63, 3.8) is 0 Å². The summed E-state index contributed by atoms with van der Waals surface area (Å²) in [6.45, 7) is 8.68. The van der Waals surface area contributed by atoms with Gasteiger partial charge in [-0.05, 0) is 43.9 Å². The highest BCUT2D eigenvalue weighted by Gasteiger charge is 2.31. The quantitative estimate of drug-likeness (QED) is 0.875. The minimum atomic E-state index is -0.562. The van der Waals surface area contributed by atoms with Crippen molar-refractivity contribution in [3.8, 4) is 0 Å². The third kappa shape index (κ3) is 3.34. The average molecular weight is 290 g/mol. The van der Waals surface area contributed by atoms with Crippen LogP contribution >= 0.6 is 0 Å². The predicted molar refractivity (Wildman–Crippen MR) is 83.9 cm³/mol. The number of nitrogens with zero attached hydrogens (tertiary/aromatic N) is 2. The molecule has 0 bridgehead atoms. The minimum absolute atomic E-state index is 0.211. The summed E-state index contributed by atoms with van der Waals surface area (Å²) in [7, 11) is 0. The Balaban J connectivity index is 2.16. The van der Waals surface area contributed by atoms with Crippen molar-refractivity contribution in [2.24, 2.45) is 17.1 Å². The fourth-order valence-corrected chi connectivity index (χ4v) is 3.32. The van der Waals surface area contributed by atoms with Crippen molar-refractivity contribution in [2.45, 2.75) is 59.3 Å². The summed E-state index contributed by atoms with van der Waals surface area (Å²) in [5.74, 6) is 1.50. The maximum Gasteiger partial charge on any atom is 0.254 e. The van der Waals surface area contributed by atoms with Crippen LogP contribution in [-0.4, -0.2) is 15.9 Å². The van der Waals surface area contributed by atoms with E-state index in [-0.39, 0.29) is 11.4 Å². The number of rotatable bonds is 2. The van der Waals surface area contributed by atoms with Crippen LogP contribution in [0.2, 0.25) is 0 Å². The number of hydrogen-bond acceptors (Lipinski definition) is 4. The molecular weight excluding hydrogens is 264 g/mol. The van der Waals surface area contributed by atoms with Gasteiger partial charge >= 0.3 is 0 Å². The van der Waals surface area contributed by atoms with Gasteiger partial charge in [0.15, 0.2) is 0 Å². The molecule has 0 atom stereocenters. The summed E-state index contributed by atoms with van der Waals surface area (Å²) >= 11 is 0. The Kier molecular flexibility index (Phi) is 4.21. The van der Waals surface area contributed by atoms with Gasteiger partial charge in [0, 0.05) is 5.92 Å². The number of nitrogen functional groups attached to an aromatic ring is 1. The normalized spacial score (nSPS) is 23.0. The first kappa shape index (κ1) is 15.7. The number of primary amides is 1. The smallest absolute Gasteiger partial charge is 0.254 e. The van der Waals surface area contributed by atoms with E-state index in [1.54, 1.807) is 6.92 Å². The van der Waals surface area contributed by atoms with Crippen LogP contribution in [0.15, 0.2) is 0 Å². The standard InChI is InChI=1S/C16H26N4O/c1-9-12(14(18)21)13(17)20-15(19-9)10-5-7-11(8-6-10)16(2,3)4/h10-11H,5-8H2,1-4H3,(H2,18,21)(H2,17,19,20). The summed E-state index contributed by atoms with van der Waals surface area (Å²) in [6, 6.07) is 0. The lowest BCUT2D eigenvalue weighted by Gasteiger charge is -2.36. The highest BCUT2D eigenvalue weighted by Crippen LogP contribution is 2.42. The Morgan fingerprint density at radius 1 is 1.14 bits per heavy atom. The first-order chi connectivity index (χ1) is 9.70. The topological polar surface area (TPSA) is 94.9 Å². The van der Waals surface area contributed by atoms with Gasteiger partial charge in [0.1, 0.15) is 17.2 Å². The van der Waals surface area contributed by atoms with Crippen LogP contribution < -0.4 is 11.5 Å². The molecule has 1 aromatic rings. The predicted octanol–water partition coefficient (Wildman–Crippen LogP) is 2.79. The van der Waals surface area contributed by atoms with Crippen LogP contribution in [0.3, 0.4) is 0 Å². The molecule has 1 fully saturated rings. The number of nitrogens with two attached hydrogens (primary N) is 2. The summed E-state index contributed by atoms with van der Waals surface area (Å²) < 4.78 is 0. The molecular formula is C16H26N4O. The second kappa shape index (κ2) is 5.62. The third-order valence-electron chi connectivity index (χ3n) is 4.70. The molecule has 0 spiro atoms. The van der Waals surface area contributed by atoms with Crippen LogP contribution in [0.4, 0.5) is 5.82 Å². The van der Waals surface area contributed by atoms with Gasteiger partial charge < -0.3 is 11.5 Å². The maximum atomic E-state index is 11.3. The van der Waals surface area contributed by atoms with Crippen LogP contribution in [0, 0.1) is 18.3 Å². The van der Waals surface area contributed by atoms with E-state index >= 15 is 0 Å². The van der Waals surface area contributed by atoms with Gasteiger partial charge in [-0.15, -0.1) is 0 Å². The number of aromatic nitrogens is 2. The zero-order chi connectivity index (χ0) is 15.8. The van der Waals surface area contributed by atoms with Crippen LogP contribution in [0.25, 0.3) is 0 Å². The molecule has 0 radical (unpaired) electrons. The number of carbonyl (C=O) groups is 1. The Labute approximate surface area is 126 Å². The largest absolute Gasteiger partial charge is 0.383 e. The number of hydrogen-bond donors (Lipinski definition) is 2. The van der Waals surface area contributed by atoms with Crippen molar-refractivity contribution in [2.75, 3.05) is 5.73 Å². The molecule has 4 N–H and O–H groups in total. The lowest BCUT2D eigenvalue weighted by atomic mass is 9.69. The van der Waals surface area contributed by atoms with Crippen molar-refractivity contribution in [1.82, 2.24) is 9.97 Å². The molecule has 0 aliphatic heterocycles. The van der Waals surface area contributed by atoms with Gasteiger partial charge in [0.25, 0.3) is 5.91 Å². The summed E-state index contributed by atoms with van der Waals surface area (Å²) in [5, 5.41) is 0. The van der Waals surface area contributed by atoms with E-state index in [1.165, 1.54) is 12.8 Å². The number of aryl methyl sites for hydroxylation is 1. The first-order valence-electron chi connectivity index (χ1n) is 7.64. The van der Waals surface area contributed by atoms with Crippen LogP contribution in [0.5, 0.6) is 0 Å². The van der Waals surface area contributed by atoms with Crippen molar-refractivity contribution < 1.29 is 4.79 Å². The molecule has 5 heteroatoms. The molecule has 0 unspecified atom stereocenters. The van der Waals surface area contributed by atoms with Gasteiger partial charge in [0.05, 0.1) is 5.69 Å². The van der Waals surface area contributed by atoms with Crippen molar-refractivity contribution >= 4 is 11.7 Å². The molecule has 1 amide bonds. The zero-order valence-electron chi connectivity index (χ0n) is 13.4. The van der Waals surface area contributed by atoms with Gasteiger partial charge in [-0.25, -0.2) is 9.97 Å². The number of amides is 1. The fourth-order valence-electron chi connectivity index (χ4n) is 3.32. The van der Waals surface area contributed by atoms with E-state index in [2.05, 4.69) is 30.7 Å². The Hall–Kier alpha value is -1.65. The minimum Gasteiger partial charge on any atom is -0.383 e. The molecule has 116 valence electrons. The van der Waals surface area contributed by atoms with Gasteiger partial charge in [0.2, 0.25) is 0 Å². The fraction of sp³-hybridized carbons (Fsp3) is 0.688. The molecule has 1 aromatic heterocycles. The van der Waals surface area contributed by atoms with E-state index in [1.807, 2.05) is 0 Å². The Bertz CT molecular complexity index is 517. The summed E-state index contributed by atoms with van der Waals surface area (Å²) in [6.07, 6.45) is 4.54. The number of carbonyl (C=O) groups excluding carboxylic acids is 1. The highest BCUT2D eigenvalue weighted by atomic mass is 16.1. The molecule has 21 heavy (non-hydrogen) atoms. The first-order valence-corrected chi connectivity index (χ1v) is 7.64. The maximum absolute atomic E-state index is 11.3. The molecule has 0 aromatic carbocycles. The molecule has 2 rings (SSSR count). The summed E-state index contributed by atoms with van der Waals surface area (Å²) in [4.78, 5) is 20.2. The molecule has 1 saturated carbocycles. The zero-order valence-corrected chi connectivity index (χ0v) is 13.4. The van der Waals surface area contributed by atoms with E-state index in [0.717, 1.165) is 24.6 Å². The van der Waals surface area contributed by atoms with Crippen molar-refractivity contribution in [1.29, 1.82) is 0 Å². The van der Waals surface area contributed by atoms with E-state index in [9.17, 15) is 4.79 Å². The van der Waals surface area contributed by atoms with E-state index < -0.39 is 5.91 Å². The lowest BCUT2D eigenvalue weighted by molar-refractivity contribution is 0.0999. The Morgan fingerprint density at radius 3 is 2.14 bits per heavy atom. The number of anilines is 1. The second-order valence-electron chi connectivity index (χ2n) is 7.21. The molecule has 5 nitrogen and oxygen atoms in total. The summed E-state index contributed by atoms with van der Waals surface area (Å²) in [5.41, 5.74) is 12.4. The van der Waals surface area contributed by atoms with Crippen LogP contribution in [0.1, 0.15) is 74.2 Å². The molecule has 1 aliphatic carbocycles. The van der Waals surface area contributed by atoms with Gasteiger partial charge in [-0.1, -0.05) is 20.8 Å². The van der Waals surface area contributed by atoms with Gasteiger partial charge in [-0.3, -0.25) is 4.79 Å².